The van der Waals surface area contributed by atoms with Crippen LogP contribution in [0.5, 0.6) is 0 Å². The van der Waals surface area contributed by atoms with E-state index in [1.807, 2.05) is 27.7 Å². The summed E-state index contributed by atoms with van der Waals surface area (Å²) in [4.78, 5) is 16.5. The normalized spacial score (nSPS) is 17.4. The summed E-state index contributed by atoms with van der Waals surface area (Å²) in [5.74, 6) is 1.86. The van der Waals surface area contributed by atoms with Gasteiger partial charge in [-0.2, -0.15) is 4.98 Å². The molecule has 1 unspecified atom stereocenters. The molecule has 1 aromatic heterocycles. The number of hydrogen-bond acceptors (Lipinski definition) is 5. The van der Waals surface area contributed by atoms with Gasteiger partial charge in [0.05, 0.1) is 6.10 Å². The fourth-order valence-corrected chi connectivity index (χ4v) is 3.36. The highest BCUT2D eigenvalue weighted by Gasteiger charge is 2.30. The molecule has 0 saturated heterocycles. The highest BCUT2D eigenvalue weighted by molar-refractivity contribution is 5.76. The van der Waals surface area contributed by atoms with Gasteiger partial charge in [0.25, 0.3) is 0 Å². The van der Waals surface area contributed by atoms with Crippen LogP contribution in [0.15, 0.2) is 4.52 Å². The molecule has 0 aromatic carbocycles. The Hall–Kier alpha value is -1.43. The van der Waals surface area contributed by atoms with Crippen molar-refractivity contribution in [3.8, 4) is 0 Å². The number of rotatable bonds is 8. The minimum Gasteiger partial charge on any atom is -0.392 e. The number of aromatic nitrogens is 2. The molecule has 0 aliphatic heterocycles. The SMILES string of the molecule is CC(C)C(O)C(C)(C)CNC(=O)CCc1nc(C2CCCC2)no1. The van der Waals surface area contributed by atoms with Gasteiger partial charge < -0.3 is 14.9 Å². The van der Waals surface area contributed by atoms with E-state index in [4.69, 9.17) is 4.52 Å². The van der Waals surface area contributed by atoms with Crippen molar-refractivity contribution in [2.24, 2.45) is 11.3 Å². The lowest BCUT2D eigenvalue weighted by atomic mass is 9.80. The van der Waals surface area contributed by atoms with E-state index in [1.165, 1.54) is 12.8 Å². The van der Waals surface area contributed by atoms with Gasteiger partial charge in [-0.3, -0.25) is 4.79 Å². The van der Waals surface area contributed by atoms with Gasteiger partial charge in [-0.15, -0.1) is 0 Å². The third-order valence-corrected chi connectivity index (χ3v) is 4.94. The first-order valence-corrected chi connectivity index (χ1v) is 9.07. The van der Waals surface area contributed by atoms with Gasteiger partial charge in [0.2, 0.25) is 11.8 Å². The number of amides is 1. The molecule has 1 aliphatic rings. The number of nitrogens with zero attached hydrogens (tertiary/aromatic N) is 2. The Morgan fingerprint density at radius 3 is 2.67 bits per heavy atom. The van der Waals surface area contributed by atoms with Gasteiger partial charge >= 0.3 is 0 Å². The molecule has 0 spiro atoms. The van der Waals surface area contributed by atoms with Crippen LogP contribution in [-0.2, 0) is 11.2 Å². The van der Waals surface area contributed by atoms with Crippen molar-refractivity contribution in [1.29, 1.82) is 0 Å². The third-order valence-electron chi connectivity index (χ3n) is 4.94. The van der Waals surface area contributed by atoms with Gasteiger partial charge in [0, 0.05) is 30.7 Å². The molecule has 1 fully saturated rings. The van der Waals surface area contributed by atoms with Crippen LogP contribution < -0.4 is 5.32 Å². The summed E-state index contributed by atoms with van der Waals surface area (Å²) in [6.45, 7) is 8.33. The Labute approximate surface area is 144 Å². The topological polar surface area (TPSA) is 88.2 Å². The second-order valence-electron chi connectivity index (χ2n) is 7.98. The molecule has 2 N–H and O–H groups in total. The zero-order valence-corrected chi connectivity index (χ0v) is 15.3. The van der Waals surface area contributed by atoms with Crippen LogP contribution in [0.3, 0.4) is 0 Å². The number of hydrogen-bond donors (Lipinski definition) is 2. The molecule has 0 radical (unpaired) electrons. The van der Waals surface area contributed by atoms with Crippen LogP contribution >= 0.6 is 0 Å². The molecule has 1 amide bonds. The van der Waals surface area contributed by atoms with Crippen LogP contribution in [0.4, 0.5) is 0 Å². The molecule has 136 valence electrons. The first kappa shape index (κ1) is 18.9. The van der Waals surface area contributed by atoms with Crippen LogP contribution in [0.2, 0.25) is 0 Å². The molecule has 1 aromatic rings. The third kappa shape index (κ3) is 5.03. The molecule has 0 bridgehead atoms. The zero-order valence-electron chi connectivity index (χ0n) is 15.3. The van der Waals surface area contributed by atoms with Crippen molar-refractivity contribution in [2.45, 2.75) is 78.2 Å². The second kappa shape index (κ2) is 8.10. The number of aryl methyl sites for hydroxylation is 1. The lowest BCUT2D eigenvalue weighted by Crippen LogP contribution is -2.43. The van der Waals surface area contributed by atoms with Crippen LogP contribution in [0.25, 0.3) is 0 Å². The van der Waals surface area contributed by atoms with Crippen LogP contribution in [-0.4, -0.2) is 33.8 Å². The summed E-state index contributed by atoms with van der Waals surface area (Å²) in [7, 11) is 0. The number of carbonyl (C=O) groups is 1. The Morgan fingerprint density at radius 2 is 2.04 bits per heavy atom. The van der Waals surface area contributed by atoms with Crippen LogP contribution in [0, 0.1) is 11.3 Å². The largest absolute Gasteiger partial charge is 0.392 e. The summed E-state index contributed by atoms with van der Waals surface area (Å²) < 4.78 is 5.26. The average molecular weight is 337 g/mol. The monoisotopic (exact) mass is 337 g/mol. The van der Waals surface area contributed by atoms with Gasteiger partial charge in [-0.05, 0) is 18.8 Å². The minimum absolute atomic E-state index is 0.0559. The fraction of sp³-hybridized carbons (Fsp3) is 0.833. The van der Waals surface area contributed by atoms with E-state index < -0.39 is 6.10 Å². The van der Waals surface area contributed by atoms with E-state index in [0.717, 1.165) is 18.7 Å². The highest BCUT2D eigenvalue weighted by Crippen LogP contribution is 2.32. The first-order chi connectivity index (χ1) is 11.3. The summed E-state index contributed by atoms with van der Waals surface area (Å²) in [6.07, 6.45) is 5.05. The van der Waals surface area contributed by atoms with Crippen LogP contribution in [0.1, 0.15) is 77.4 Å². The molecule has 1 heterocycles. The summed E-state index contributed by atoms with van der Waals surface area (Å²) in [5, 5.41) is 17.2. The van der Waals surface area contributed by atoms with E-state index in [-0.39, 0.29) is 17.2 Å². The lowest BCUT2D eigenvalue weighted by molar-refractivity contribution is -0.122. The van der Waals surface area contributed by atoms with Crippen molar-refractivity contribution in [3.05, 3.63) is 11.7 Å². The number of nitrogens with one attached hydrogen (secondary N) is 1. The summed E-state index contributed by atoms with van der Waals surface area (Å²) >= 11 is 0. The molecular formula is C18H31N3O3. The average Bonchev–Trinajstić information content (AvgIpc) is 3.20. The molecular weight excluding hydrogens is 306 g/mol. The standard InChI is InChI=1S/C18H31N3O3/c1-12(2)16(23)18(3,4)11-19-14(22)9-10-15-20-17(21-24-15)13-7-5-6-8-13/h12-13,16,23H,5-11H2,1-4H3,(H,19,22). The Kier molecular flexibility index (Phi) is 6.38. The fourth-order valence-electron chi connectivity index (χ4n) is 3.36. The lowest BCUT2D eigenvalue weighted by Gasteiger charge is -2.33. The van der Waals surface area contributed by atoms with Crippen molar-refractivity contribution in [1.82, 2.24) is 15.5 Å². The van der Waals surface area contributed by atoms with Crippen molar-refractivity contribution in [2.75, 3.05) is 6.54 Å². The Morgan fingerprint density at radius 1 is 1.38 bits per heavy atom. The predicted octanol–water partition coefficient (Wildman–Crippen LogP) is 2.82. The van der Waals surface area contributed by atoms with Crippen molar-refractivity contribution < 1.29 is 14.4 Å². The van der Waals surface area contributed by atoms with E-state index in [1.54, 1.807) is 0 Å². The Balaban J connectivity index is 1.75. The maximum Gasteiger partial charge on any atom is 0.227 e. The van der Waals surface area contributed by atoms with Gasteiger partial charge in [0.15, 0.2) is 5.82 Å². The molecule has 24 heavy (non-hydrogen) atoms. The smallest absolute Gasteiger partial charge is 0.227 e. The molecule has 6 heteroatoms. The number of aliphatic hydroxyl groups excluding tert-OH is 1. The molecule has 6 nitrogen and oxygen atoms in total. The number of aliphatic hydroxyl groups is 1. The maximum atomic E-state index is 12.0. The van der Waals surface area contributed by atoms with E-state index in [0.29, 0.717) is 31.2 Å². The van der Waals surface area contributed by atoms with Gasteiger partial charge in [-0.1, -0.05) is 45.7 Å². The number of carbonyl (C=O) groups excluding carboxylic acids is 1. The van der Waals surface area contributed by atoms with Crippen molar-refractivity contribution >= 4 is 5.91 Å². The quantitative estimate of drug-likeness (QED) is 0.761. The highest BCUT2D eigenvalue weighted by atomic mass is 16.5. The van der Waals surface area contributed by atoms with Gasteiger partial charge in [-0.25, -0.2) is 0 Å². The second-order valence-corrected chi connectivity index (χ2v) is 7.98. The minimum atomic E-state index is -0.456. The van der Waals surface area contributed by atoms with E-state index in [2.05, 4.69) is 15.5 Å². The zero-order chi connectivity index (χ0) is 17.7. The maximum absolute atomic E-state index is 12.0. The Bertz CT molecular complexity index is 533. The van der Waals surface area contributed by atoms with Gasteiger partial charge in [0.1, 0.15) is 0 Å². The van der Waals surface area contributed by atoms with E-state index in [9.17, 15) is 9.90 Å². The van der Waals surface area contributed by atoms with Crippen molar-refractivity contribution in [3.63, 3.8) is 0 Å². The molecule has 1 aliphatic carbocycles. The molecule has 1 saturated carbocycles. The first-order valence-electron chi connectivity index (χ1n) is 9.07. The molecule has 2 rings (SSSR count). The summed E-state index contributed by atoms with van der Waals surface area (Å²) in [5.41, 5.74) is -0.357. The predicted molar refractivity (Wildman–Crippen MR) is 91.5 cm³/mol. The molecule has 1 atom stereocenters. The van der Waals surface area contributed by atoms with E-state index >= 15 is 0 Å². The summed E-state index contributed by atoms with van der Waals surface area (Å²) in [6, 6.07) is 0.